The van der Waals surface area contributed by atoms with Gasteiger partial charge in [-0.1, -0.05) is 48.5 Å². The number of esters is 1. The Morgan fingerprint density at radius 3 is 2.64 bits per heavy atom. The van der Waals surface area contributed by atoms with Crippen LogP contribution in [0.3, 0.4) is 0 Å². The molecule has 6 heteroatoms. The number of carbonyl (C=O) groups is 2. The van der Waals surface area contributed by atoms with Crippen LogP contribution in [0.4, 0.5) is 5.69 Å². The molecule has 0 saturated carbocycles. The Bertz CT molecular complexity index is 1110. The Balaban J connectivity index is 1.28. The standard InChI is InChI=1S/C22H18N2O4/c25-20(23-17-10-5-7-15-6-1-2-8-16(15)17)14-27-22(26)13-12-21-24-18-9-3-4-11-19(18)28-21/h1-11H,12-14H2,(H,23,25). The van der Waals surface area contributed by atoms with Crippen LogP contribution in [-0.2, 0) is 20.7 Å². The molecule has 0 aliphatic heterocycles. The van der Waals surface area contributed by atoms with E-state index >= 15 is 0 Å². The summed E-state index contributed by atoms with van der Waals surface area (Å²) >= 11 is 0. The highest BCUT2D eigenvalue weighted by Crippen LogP contribution is 2.22. The predicted octanol–water partition coefficient (Wildman–Crippen LogP) is 4.10. The summed E-state index contributed by atoms with van der Waals surface area (Å²) in [6.45, 7) is -0.338. The second kappa shape index (κ2) is 7.92. The number of para-hydroxylation sites is 2. The molecule has 1 N–H and O–H groups in total. The van der Waals surface area contributed by atoms with Gasteiger partial charge in [-0.15, -0.1) is 0 Å². The third-order valence-electron chi connectivity index (χ3n) is 4.31. The summed E-state index contributed by atoms with van der Waals surface area (Å²) in [4.78, 5) is 28.4. The molecule has 4 aromatic rings. The summed E-state index contributed by atoms with van der Waals surface area (Å²) in [5.41, 5.74) is 2.12. The van der Waals surface area contributed by atoms with Gasteiger partial charge in [0.15, 0.2) is 18.1 Å². The predicted molar refractivity (Wildman–Crippen MR) is 106 cm³/mol. The lowest BCUT2D eigenvalue weighted by molar-refractivity contribution is -0.147. The van der Waals surface area contributed by atoms with Crippen LogP contribution in [0.25, 0.3) is 21.9 Å². The maximum Gasteiger partial charge on any atom is 0.306 e. The van der Waals surface area contributed by atoms with Crippen molar-refractivity contribution in [3.05, 3.63) is 72.6 Å². The highest BCUT2D eigenvalue weighted by Gasteiger charge is 2.12. The maximum absolute atomic E-state index is 12.1. The summed E-state index contributed by atoms with van der Waals surface area (Å²) < 4.78 is 10.6. The zero-order valence-electron chi connectivity index (χ0n) is 15.1. The molecule has 4 rings (SSSR count). The van der Waals surface area contributed by atoms with E-state index in [9.17, 15) is 9.59 Å². The van der Waals surface area contributed by atoms with Gasteiger partial charge in [0, 0.05) is 17.5 Å². The summed E-state index contributed by atoms with van der Waals surface area (Å²) in [6, 6.07) is 20.8. The van der Waals surface area contributed by atoms with Crippen molar-refractivity contribution in [3.63, 3.8) is 0 Å². The van der Waals surface area contributed by atoms with Crippen molar-refractivity contribution in [1.82, 2.24) is 4.98 Å². The zero-order valence-corrected chi connectivity index (χ0v) is 15.1. The monoisotopic (exact) mass is 374 g/mol. The molecule has 28 heavy (non-hydrogen) atoms. The molecule has 1 amide bonds. The number of amides is 1. The van der Waals surface area contributed by atoms with Crippen LogP contribution < -0.4 is 5.32 Å². The fourth-order valence-corrected chi connectivity index (χ4v) is 2.97. The lowest BCUT2D eigenvalue weighted by atomic mass is 10.1. The van der Waals surface area contributed by atoms with Gasteiger partial charge in [-0.25, -0.2) is 4.98 Å². The Labute approximate surface area is 161 Å². The molecule has 3 aromatic carbocycles. The molecule has 0 spiro atoms. The smallest absolute Gasteiger partial charge is 0.306 e. The van der Waals surface area contributed by atoms with E-state index in [-0.39, 0.29) is 18.9 Å². The first-order valence-electron chi connectivity index (χ1n) is 8.97. The van der Waals surface area contributed by atoms with Crippen LogP contribution in [0.15, 0.2) is 71.1 Å². The van der Waals surface area contributed by atoms with Crippen molar-refractivity contribution >= 4 is 39.4 Å². The first-order valence-corrected chi connectivity index (χ1v) is 8.97. The average Bonchev–Trinajstić information content (AvgIpc) is 3.14. The molecular weight excluding hydrogens is 356 g/mol. The highest BCUT2D eigenvalue weighted by molar-refractivity contribution is 6.02. The first-order chi connectivity index (χ1) is 13.7. The third kappa shape index (κ3) is 4.01. The number of hydrogen-bond donors (Lipinski definition) is 1. The van der Waals surface area contributed by atoms with E-state index in [0.29, 0.717) is 23.6 Å². The van der Waals surface area contributed by atoms with Gasteiger partial charge in [0.2, 0.25) is 0 Å². The number of nitrogens with one attached hydrogen (secondary N) is 1. The van der Waals surface area contributed by atoms with Gasteiger partial charge in [-0.3, -0.25) is 9.59 Å². The van der Waals surface area contributed by atoms with E-state index in [2.05, 4.69) is 10.3 Å². The zero-order chi connectivity index (χ0) is 19.3. The molecule has 0 aliphatic carbocycles. The van der Waals surface area contributed by atoms with Gasteiger partial charge in [0.05, 0.1) is 6.42 Å². The SMILES string of the molecule is O=C(COC(=O)CCc1nc2ccccc2o1)Nc1cccc2ccccc12. The molecule has 1 aromatic heterocycles. The summed E-state index contributed by atoms with van der Waals surface area (Å²) in [5, 5.41) is 4.74. The number of carbonyl (C=O) groups excluding carboxylic acids is 2. The first kappa shape index (κ1) is 17.7. The highest BCUT2D eigenvalue weighted by atomic mass is 16.5. The second-order valence-electron chi connectivity index (χ2n) is 6.31. The maximum atomic E-state index is 12.1. The molecule has 0 radical (unpaired) electrons. The van der Waals surface area contributed by atoms with Crippen LogP contribution in [0, 0.1) is 0 Å². The topological polar surface area (TPSA) is 81.4 Å². The average molecular weight is 374 g/mol. The molecule has 1 heterocycles. The van der Waals surface area contributed by atoms with Crippen LogP contribution in [0.2, 0.25) is 0 Å². The Hall–Kier alpha value is -3.67. The number of rotatable bonds is 6. The fraction of sp³-hybridized carbons (Fsp3) is 0.136. The summed E-state index contributed by atoms with van der Waals surface area (Å²) in [6.07, 6.45) is 0.410. The summed E-state index contributed by atoms with van der Waals surface area (Å²) in [5.74, 6) is -0.389. The van der Waals surface area contributed by atoms with Crippen molar-refractivity contribution in [2.75, 3.05) is 11.9 Å². The van der Waals surface area contributed by atoms with Gasteiger partial charge in [0.25, 0.3) is 5.91 Å². The van der Waals surface area contributed by atoms with Crippen LogP contribution in [0.1, 0.15) is 12.3 Å². The van der Waals surface area contributed by atoms with E-state index in [4.69, 9.17) is 9.15 Å². The third-order valence-corrected chi connectivity index (χ3v) is 4.31. The number of ether oxygens (including phenoxy) is 1. The van der Waals surface area contributed by atoms with Crippen LogP contribution in [0.5, 0.6) is 0 Å². The van der Waals surface area contributed by atoms with Gasteiger partial charge in [0.1, 0.15) is 5.52 Å². The molecule has 6 nitrogen and oxygen atoms in total. The number of fused-ring (bicyclic) bond motifs is 2. The van der Waals surface area contributed by atoms with Crippen LogP contribution in [-0.4, -0.2) is 23.5 Å². The fourth-order valence-electron chi connectivity index (χ4n) is 2.97. The van der Waals surface area contributed by atoms with Crippen molar-refractivity contribution in [1.29, 1.82) is 0 Å². The summed E-state index contributed by atoms with van der Waals surface area (Å²) in [7, 11) is 0. The molecule has 140 valence electrons. The molecule has 0 aliphatic rings. The minimum Gasteiger partial charge on any atom is -0.456 e. The number of aromatic nitrogens is 1. The van der Waals surface area contributed by atoms with E-state index in [1.165, 1.54) is 0 Å². The number of oxazole rings is 1. The quantitative estimate of drug-likeness (QED) is 0.514. The molecule has 0 atom stereocenters. The second-order valence-corrected chi connectivity index (χ2v) is 6.31. The van der Waals surface area contributed by atoms with E-state index in [0.717, 1.165) is 16.3 Å². The minimum atomic E-state index is -0.477. The lowest BCUT2D eigenvalue weighted by Gasteiger charge is -2.09. The van der Waals surface area contributed by atoms with E-state index in [1.54, 1.807) is 0 Å². The van der Waals surface area contributed by atoms with Gasteiger partial charge >= 0.3 is 5.97 Å². The Morgan fingerprint density at radius 1 is 0.964 bits per heavy atom. The van der Waals surface area contributed by atoms with Crippen molar-refractivity contribution in [2.45, 2.75) is 12.8 Å². The van der Waals surface area contributed by atoms with Crippen molar-refractivity contribution < 1.29 is 18.7 Å². The minimum absolute atomic E-state index is 0.0916. The molecule has 0 bridgehead atoms. The number of hydrogen-bond acceptors (Lipinski definition) is 5. The van der Waals surface area contributed by atoms with Gasteiger partial charge in [-0.2, -0.15) is 0 Å². The number of anilines is 1. The normalized spacial score (nSPS) is 10.9. The van der Waals surface area contributed by atoms with Gasteiger partial charge < -0.3 is 14.5 Å². The van der Waals surface area contributed by atoms with E-state index < -0.39 is 5.97 Å². The molecule has 0 saturated heterocycles. The number of benzene rings is 3. The lowest BCUT2D eigenvalue weighted by Crippen LogP contribution is -2.21. The Kier molecular flexibility index (Phi) is 5.01. The molecule has 0 unspecified atom stereocenters. The van der Waals surface area contributed by atoms with Gasteiger partial charge in [-0.05, 0) is 23.6 Å². The number of aryl methyl sites for hydroxylation is 1. The van der Waals surface area contributed by atoms with Crippen molar-refractivity contribution in [3.8, 4) is 0 Å². The van der Waals surface area contributed by atoms with E-state index in [1.807, 2.05) is 66.7 Å². The van der Waals surface area contributed by atoms with Crippen LogP contribution >= 0.6 is 0 Å². The van der Waals surface area contributed by atoms with Crippen molar-refractivity contribution in [2.24, 2.45) is 0 Å². The Morgan fingerprint density at radius 2 is 1.75 bits per heavy atom. The molecular formula is C22H18N2O4. The number of nitrogens with zero attached hydrogens (tertiary/aromatic N) is 1. The largest absolute Gasteiger partial charge is 0.456 e. The molecule has 0 fully saturated rings.